The number of hydrogen-bond acceptors (Lipinski definition) is 4. The molecule has 1 aromatic rings. The normalized spacial score (nSPS) is 10.4. The van der Waals surface area contributed by atoms with Crippen LogP contribution in [0.4, 0.5) is 5.82 Å². The van der Waals surface area contributed by atoms with Crippen LogP contribution in [0.2, 0.25) is 0 Å². The standard InChI is InChI=1S/C8H14N4O2/c1-5-11-6(8(10)14)7(9)12(5)3-2-4-13/h13H,2-4,9H2,1H3,(H2,10,14). The largest absolute Gasteiger partial charge is 0.396 e. The molecule has 0 saturated carbocycles. The molecule has 0 atom stereocenters. The number of carbonyl (C=O) groups is 1. The Kier molecular flexibility index (Phi) is 3.08. The lowest BCUT2D eigenvalue weighted by Crippen LogP contribution is -2.14. The second-order valence-electron chi connectivity index (χ2n) is 2.99. The highest BCUT2D eigenvalue weighted by atomic mass is 16.3. The molecule has 5 N–H and O–H groups in total. The summed E-state index contributed by atoms with van der Waals surface area (Å²) in [5.41, 5.74) is 10.8. The van der Waals surface area contributed by atoms with E-state index in [4.69, 9.17) is 16.6 Å². The number of aryl methyl sites for hydroxylation is 1. The smallest absolute Gasteiger partial charge is 0.271 e. The first-order valence-corrected chi connectivity index (χ1v) is 4.31. The maximum Gasteiger partial charge on any atom is 0.271 e. The molecule has 1 aromatic heterocycles. The minimum Gasteiger partial charge on any atom is -0.396 e. The summed E-state index contributed by atoms with van der Waals surface area (Å²) >= 11 is 0. The summed E-state index contributed by atoms with van der Waals surface area (Å²) in [5, 5.41) is 8.66. The van der Waals surface area contributed by atoms with Crippen molar-refractivity contribution >= 4 is 11.7 Å². The van der Waals surface area contributed by atoms with E-state index in [1.807, 2.05) is 0 Å². The Morgan fingerprint density at radius 1 is 1.64 bits per heavy atom. The zero-order chi connectivity index (χ0) is 10.7. The van der Waals surface area contributed by atoms with E-state index < -0.39 is 5.91 Å². The third kappa shape index (κ3) is 1.85. The van der Waals surface area contributed by atoms with Crippen molar-refractivity contribution in [1.82, 2.24) is 9.55 Å². The summed E-state index contributed by atoms with van der Waals surface area (Å²) in [4.78, 5) is 14.8. The van der Waals surface area contributed by atoms with Crippen molar-refractivity contribution in [3.8, 4) is 0 Å². The fourth-order valence-corrected chi connectivity index (χ4v) is 1.27. The molecule has 78 valence electrons. The van der Waals surface area contributed by atoms with E-state index in [1.165, 1.54) is 0 Å². The zero-order valence-electron chi connectivity index (χ0n) is 8.03. The number of nitrogen functional groups attached to an aromatic ring is 1. The van der Waals surface area contributed by atoms with E-state index in [0.29, 0.717) is 18.8 Å². The first-order valence-electron chi connectivity index (χ1n) is 4.31. The van der Waals surface area contributed by atoms with Crippen LogP contribution >= 0.6 is 0 Å². The summed E-state index contributed by atoms with van der Waals surface area (Å²) in [5.74, 6) is 0.265. The third-order valence-corrected chi connectivity index (χ3v) is 1.97. The first kappa shape index (κ1) is 10.5. The van der Waals surface area contributed by atoms with E-state index in [2.05, 4.69) is 4.98 Å². The fourth-order valence-electron chi connectivity index (χ4n) is 1.27. The highest BCUT2D eigenvalue weighted by molar-refractivity contribution is 5.95. The van der Waals surface area contributed by atoms with Crippen LogP contribution in [-0.2, 0) is 6.54 Å². The van der Waals surface area contributed by atoms with Crippen LogP contribution in [0.5, 0.6) is 0 Å². The van der Waals surface area contributed by atoms with Crippen molar-refractivity contribution in [3.05, 3.63) is 11.5 Å². The molecule has 0 saturated heterocycles. The summed E-state index contributed by atoms with van der Waals surface area (Å²) in [6.45, 7) is 2.34. The number of amides is 1. The molecule has 14 heavy (non-hydrogen) atoms. The topological polar surface area (TPSA) is 107 Å². The SMILES string of the molecule is Cc1nc(C(N)=O)c(N)n1CCCO. The van der Waals surface area contributed by atoms with Gasteiger partial charge in [-0.05, 0) is 13.3 Å². The summed E-state index contributed by atoms with van der Waals surface area (Å²) in [6, 6.07) is 0. The van der Waals surface area contributed by atoms with Crippen LogP contribution in [-0.4, -0.2) is 27.2 Å². The Morgan fingerprint density at radius 3 is 2.71 bits per heavy atom. The van der Waals surface area contributed by atoms with Crippen molar-refractivity contribution in [3.63, 3.8) is 0 Å². The molecular formula is C8H14N4O2. The lowest BCUT2D eigenvalue weighted by atomic mass is 10.4. The van der Waals surface area contributed by atoms with Crippen molar-refractivity contribution in [1.29, 1.82) is 0 Å². The van der Waals surface area contributed by atoms with Crippen LogP contribution in [0.15, 0.2) is 0 Å². The highest BCUT2D eigenvalue weighted by Gasteiger charge is 2.15. The minimum atomic E-state index is -0.631. The number of anilines is 1. The molecule has 0 aromatic carbocycles. The van der Waals surface area contributed by atoms with Gasteiger partial charge in [0.05, 0.1) is 0 Å². The van der Waals surface area contributed by atoms with Gasteiger partial charge in [-0.1, -0.05) is 0 Å². The van der Waals surface area contributed by atoms with E-state index in [-0.39, 0.29) is 18.1 Å². The number of aromatic nitrogens is 2. The van der Waals surface area contributed by atoms with E-state index >= 15 is 0 Å². The lowest BCUT2D eigenvalue weighted by Gasteiger charge is -2.05. The zero-order valence-corrected chi connectivity index (χ0v) is 8.03. The second kappa shape index (κ2) is 4.10. The van der Waals surface area contributed by atoms with Crippen molar-refractivity contribution < 1.29 is 9.90 Å². The third-order valence-electron chi connectivity index (χ3n) is 1.97. The molecule has 6 heteroatoms. The van der Waals surface area contributed by atoms with Gasteiger partial charge in [-0.2, -0.15) is 0 Å². The van der Waals surface area contributed by atoms with Gasteiger partial charge in [0, 0.05) is 13.2 Å². The number of rotatable bonds is 4. The van der Waals surface area contributed by atoms with Crippen molar-refractivity contribution in [2.75, 3.05) is 12.3 Å². The molecule has 0 radical (unpaired) electrons. The van der Waals surface area contributed by atoms with Gasteiger partial charge in [0.2, 0.25) is 0 Å². The molecule has 0 fully saturated rings. The Hall–Kier alpha value is -1.56. The number of primary amides is 1. The predicted molar refractivity (Wildman–Crippen MR) is 51.6 cm³/mol. The molecule has 1 heterocycles. The number of nitrogens with zero attached hydrogens (tertiary/aromatic N) is 2. The molecule has 1 rings (SSSR count). The number of aliphatic hydroxyl groups is 1. The first-order chi connectivity index (χ1) is 6.57. The van der Waals surface area contributed by atoms with E-state index in [1.54, 1.807) is 11.5 Å². The predicted octanol–water partition coefficient (Wildman–Crippen LogP) is -0.745. The molecule has 0 aliphatic rings. The van der Waals surface area contributed by atoms with Gasteiger partial charge in [-0.15, -0.1) is 0 Å². The van der Waals surface area contributed by atoms with Gasteiger partial charge in [0.1, 0.15) is 11.6 Å². The lowest BCUT2D eigenvalue weighted by molar-refractivity contribution is 0.0997. The van der Waals surface area contributed by atoms with Gasteiger partial charge in [0.15, 0.2) is 5.69 Å². The number of aliphatic hydroxyl groups excluding tert-OH is 1. The van der Waals surface area contributed by atoms with Gasteiger partial charge in [-0.3, -0.25) is 4.79 Å². The Bertz CT molecular complexity index is 345. The van der Waals surface area contributed by atoms with Crippen LogP contribution in [0.25, 0.3) is 0 Å². The van der Waals surface area contributed by atoms with Crippen molar-refractivity contribution in [2.45, 2.75) is 19.9 Å². The molecule has 0 spiro atoms. The van der Waals surface area contributed by atoms with Gasteiger partial charge in [-0.25, -0.2) is 4.98 Å². The minimum absolute atomic E-state index is 0.0724. The molecular weight excluding hydrogens is 184 g/mol. The Labute approximate surface area is 81.5 Å². The van der Waals surface area contributed by atoms with Gasteiger partial charge >= 0.3 is 0 Å². The molecule has 0 bridgehead atoms. The van der Waals surface area contributed by atoms with Crippen molar-refractivity contribution in [2.24, 2.45) is 5.73 Å². The van der Waals surface area contributed by atoms with Gasteiger partial charge < -0.3 is 21.1 Å². The average Bonchev–Trinajstić information content (AvgIpc) is 2.40. The number of imidazole rings is 1. The van der Waals surface area contributed by atoms with E-state index in [9.17, 15) is 4.79 Å². The quantitative estimate of drug-likeness (QED) is 0.591. The molecule has 6 nitrogen and oxygen atoms in total. The Balaban J connectivity index is 2.99. The highest BCUT2D eigenvalue weighted by Crippen LogP contribution is 2.13. The maximum absolute atomic E-state index is 10.9. The Morgan fingerprint density at radius 2 is 2.29 bits per heavy atom. The number of carbonyl (C=O) groups excluding carboxylic acids is 1. The number of hydrogen-bond donors (Lipinski definition) is 3. The average molecular weight is 198 g/mol. The second-order valence-corrected chi connectivity index (χ2v) is 2.99. The molecule has 1 amide bonds. The monoisotopic (exact) mass is 198 g/mol. The van der Waals surface area contributed by atoms with Crippen LogP contribution < -0.4 is 11.5 Å². The summed E-state index contributed by atoms with van der Waals surface area (Å²) in [7, 11) is 0. The van der Waals surface area contributed by atoms with Gasteiger partial charge in [0.25, 0.3) is 5.91 Å². The molecule has 0 aliphatic carbocycles. The summed E-state index contributed by atoms with van der Waals surface area (Å²) in [6.07, 6.45) is 0.569. The molecule has 0 unspecified atom stereocenters. The fraction of sp³-hybridized carbons (Fsp3) is 0.500. The molecule has 0 aliphatic heterocycles. The van der Waals surface area contributed by atoms with Crippen LogP contribution in [0, 0.1) is 6.92 Å². The van der Waals surface area contributed by atoms with Crippen LogP contribution in [0.3, 0.4) is 0 Å². The summed E-state index contributed by atoms with van der Waals surface area (Å²) < 4.78 is 1.66. The maximum atomic E-state index is 10.9. The number of nitrogens with two attached hydrogens (primary N) is 2. The van der Waals surface area contributed by atoms with E-state index in [0.717, 1.165) is 0 Å². The van der Waals surface area contributed by atoms with Crippen LogP contribution in [0.1, 0.15) is 22.7 Å².